The van der Waals surface area contributed by atoms with Crippen molar-refractivity contribution in [3.05, 3.63) is 120 Å². The SMILES string of the molecule is CC(C)NC(=O)[C@H](Cc1ccccc1)N(Cc1ccc(F)cc1)C(=O)CN(c1ccc(F)cc1)S(=O)(=O)c1ccc2c(c1)OCCO2. The maximum Gasteiger partial charge on any atom is 0.264 e. The molecule has 9 nitrogen and oxygen atoms in total. The number of nitrogens with zero attached hydrogens (tertiary/aromatic N) is 2. The summed E-state index contributed by atoms with van der Waals surface area (Å²) in [5.41, 5.74) is 1.33. The highest BCUT2D eigenvalue weighted by molar-refractivity contribution is 7.92. The van der Waals surface area contributed by atoms with Crippen LogP contribution in [0.4, 0.5) is 14.5 Å². The normalized spacial score (nSPS) is 13.1. The van der Waals surface area contributed by atoms with Crippen molar-refractivity contribution in [2.24, 2.45) is 0 Å². The van der Waals surface area contributed by atoms with Crippen molar-refractivity contribution in [3.63, 3.8) is 0 Å². The highest BCUT2D eigenvalue weighted by Crippen LogP contribution is 2.34. The number of sulfonamides is 1. The molecule has 0 aromatic heterocycles. The van der Waals surface area contributed by atoms with E-state index in [1.807, 2.05) is 30.3 Å². The molecule has 2 amide bonds. The van der Waals surface area contributed by atoms with Crippen molar-refractivity contribution in [2.45, 2.75) is 43.8 Å². The van der Waals surface area contributed by atoms with E-state index >= 15 is 0 Å². The lowest BCUT2D eigenvalue weighted by atomic mass is 10.0. The Hall–Kier alpha value is -4.97. The van der Waals surface area contributed by atoms with E-state index in [2.05, 4.69) is 5.32 Å². The average Bonchev–Trinajstić information content (AvgIpc) is 3.06. The molecule has 1 atom stereocenters. The fourth-order valence-corrected chi connectivity index (χ4v) is 6.60. The smallest absolute Gasteiger partial charge is 0.264 e. The number of nitrogens with one attached hydrogen (secondary N) is 1. The van der Waals surface area contributed by atoms with Gasteiger partial charge >= 0.3 is 0 Å². The Balaban J connectivity index is 1.57. The molecule has 0 spiro atoms. The zero-order valence-electron chi connectivity index (χ0n) is 25.9. The van der Waals surface area contributed by atoms with Crippen LogP contribution < -0.4 is 19.1 Å². The molecule has 1 aliphatic heterocycles. The molecule has 4 aromatic carbocycles. The Morgan fingerprint density at radius 1 is 0.809 bits per heavy atom. The number of amides is 2. The lowest BCUT2D eigenvalue weighted by molar-refractivity contribution is -0.140. The van der Waals surface area contributed by atoms with E-state index in [9.17, 15) is 26.8 Å². The van der Waals surface area contributed by atoms with Gasteiger partial charge < -0.3 is 19.7 Å². The summed E-state index contributed by atoms with van der Waals surface area (Å²) < 4.78 is 68.3. The van der Waals surface area contributed by atoms with Gasteiger partial charge in [-0.3, -0.25) is 13.9 Å². The highest BCUT2D eigenvalue weighted by Gasteiger charge is 2.35. The van der Waals surface area contributed by atoms with Gasteiger partial charge in [0.05, 0.1) is 10.6 Å². The lowest BCUT2D eigenvalue weighted by Crippen LogP contribution is -2.54. The summed E-state index contributed by atoms with van der Waals surface area (Å²) in [5, 5.41) is 2.88. The Kier molecular flexibility index (Phi) is 10.4. The molecule has 4 aromatic rings. The summed E-state index contributed by atoms with van der Waals surface area (Å²) >= 11 is 0. The molecular formula is C35H35F2N3O6S. The molecule has 0 saturated carbocycles. The standard InChI is InChI=1S/C35H35F2N3O6S/c1-24(2)38-35(42)31(20-25-6-4-3-5-7-25)39(22-26-8-10-27(36)11-9-26)34(41)23-40(29-14-12-28(37)13-15-29)47(43,44)30-16-17-32-33(21-30)46-19-18-45-32/h3-17,21,24,31H,18-20,22-23H2,1-2H3,(H,38,42)/t31-/m0/s1. The third kappa shape index (κ3) is 8.25. The van der Waals surface area contributed by atoms with Crippen LogP contribution in [-0.2, 0) is 32.6 Å². The van der Waals surface area contributed by atoms with Crippen molar-refractivity contribution in [1.29, 1.82) is 0 Å². The molecule has 0 unspecified atom stereocenters. The van der Waals surface area contributed by atoms with E-state index in [0.29, 0.717) is 17.9 Å². The lowest BCUT2D eigenvalue weighted by Gasteiger charge is -2.34. The molecule has 5 rings (SSSR count). The number of benzene rings is 4. The van der Waals surface area contributed by atoms with Crippen LogP contribution in [-0.4, -0.2) is 57.0 Å². The highest BCUT2D eigenvalue weighted by atomic mass is 32.2. The van der Waals surface area contributed by atoms with Crippen LogP contribution in [0.15, 0.2) is 102 Å². The number of carbonyl (C=O) groups excluding carboxylic acids is 2. The van der Waals surface area contributed by atoms with Gasteiger partial charge in [-0.1, -0.05) is 42.5 Å². The fraction of sp³-hybridized carbons (Fsp3) is 0.257. The minimum absolute atomic E-state index is 0.0302. The Morgan fingerprint density at radius 3 is 2.06 bits per heavy atom. The summed E-state index contributed by atoms with van der Waals surface area (Å²) in [7, 11) is -4.45. The topological polar surface area (TPSA) is 105 Å². The first-order chi connectivity index (χ1) is 22.5. The van der Waals surface area contributed by atoms with Gasteiger partial charge in [0.15, 0.2) is 11.5 Å². The van der Waals surface area contributed by atoms with Crippen molar-refractivity contribution in [2.75, 3.05) is 24.1 Å². The second kappa shape index (κ2) is 14.6. The Bertz CT molecular complexity index is 1800. The molecule has 246 valence electrons. The Morgan fingerprint density at radius 2 is 1.43 bits per heavy atom. The first-order valence-electron chi connectivity index (χ1n) is 15.1. The molecule has 0 bridgehead atoms. The fourth-order valence-electron chi connectivity index (χ4n) is 5.17. The third-order valence-corrected chi connectivity index (χ3v) is 9.23. The van der Waals surface area contributed by atoms with Crippen molar-refractivity contribution in [3.8, 4) is 11.5 Å². The summed E-state index contributed by atoms with van der Waals surface area (Å²) in [6.45, 7) is 3.27. The zero-order valence-corrected chi connectivity index (χ0v) is 26.8. The van der Waals surface area contributed by atoms with Gasteiger partial charge in [0, 0.05) is 25.1 Å². The summed E-state index contributed by atoms with van der Waals surface area (Å²) in [5.74, 6) is -1.61. The molecule has 1 heterocycles. The van der Waals surface area contributed by atoms with Crippen molar-refractivity contribution in [1.82, 2.24) is 10.2 Å². The van der Waals surface area contributed by atoms with Gasteiger partial charge in [-0.05, 0) is 73.5 Å². The molecule has 0 saturated heterocycles. The number of rotatable bonds is 12. The van der Waals surface area contributed by atoms with Crippen LogP contribution in [0.3, 0.4) is 0 Å². The number of carbonyl (C=O) groups is 2. The molecule has 0 aliphatic carbocycles. The van der Waals surface area contributed by atoms with Gasteiger partial charge in [0.1, 0.15) is 37.4 Å². The zero-order chi connectivity index (χ0) is 33.6. The quantitative estimate of drug-likeness (QED) is 0.226. The predicted molar refractivity (Wildman–Crippen MR) is 173 cm³/mol. The molecular weight excluding hydrogens is 628 g/mol. The van der Waals surface area contributed by atoms with Crippen LogP contribution in [0, 0.1) is 11.6 Å². The van der Waals surface area contributed by atoms with E-state index in [0.717, 1.165) is 22.0 Å². The number of ether oxygens (including phenoxy) is 2. The van der Waals surface area contributed by atoms with Gasteiger partial charge in [-0.25, -0.2) is 17.2 Å². The van der Waals surface area contributed by atoms with Crippen LogP contribution in [0.1, 0.15) is 25.0 Å². The summed E-state index contributed by atoms with van der Waals surface area (Å²) in [4.78, 5) is 29.3. The number of halogens is 2. The maximum atomic E-state index is 14.4. The first kappa shape index (κ1) is 33.4. The van der Waals surface area contributed by atoms with Crippen molar-refractivity contribution < 1.29 is 36.3 Å². The molecule has 1 aliphatic rings. The summed E-state index contributed by atoms with van der Waals surface area (Å²) in [6, 6.07) is 22.1. The third-order valence-electron chi connectivity index (χ3n) is 7.46. The van der Waals surface area contributed by atoms with Gasteiger partial charge in [-0.2, -0.15) is 0 Å². The van der Waals surface area contributed by atoms with Gasteiger partial charge in [0.2, 0.25) is 11.8 Å². The van der Waals surface area contributed by atoms with Crippen LogP contribution >= 0.6 is 0 Å². The van der Waals surface area contributed by atoms with E-state index in [-0.39, 0.29) is 41.9 Å². The second-order valence-electron chi connectivity index (χ2n) is 11.3. The van der Waals surface area contributed by atoms with Gasteiger partial charge in [-0.15, -0.1) is 0 Å². The van der Waals surface area contributed by atoms with Crippen LogP contribution in [0.5, 0.6) is 11.5 Å². The van der Waals surface area contributed by atoms with Crippen LogP contribution in [0.2, 0.25) is 0 Å². The maximum absolute atomic E-state index is 14.4. The predicted octanol–water partition coefficient (Wildman–Crippen LogP) is 5.10. The largest absolute Gasteiger partial charge is 0.486 e. The summed E-state index contributed by atoms with van der Waals surface area (Å²) in [6.07, 6.45) is 0.123. The van der Waals surface area contributed by atoms with E-state index in [1.54, 1.807) is 13.8 Å². The van der Waals surface area contributed by atoms with E-state index < -0.39 is 46.1 Å². The average molecular weight is 664 g/mol. The number of hydrogen-bond donors (Lipinski definition) is 1. The molecule has 1 N–H and O–H groups in total. The molecule has 0 fully saturated rings. The first-order valence-corrected chi connectivity index (χ1v) is 16.5. The number of fused-ring (bicyclic) bond motifs is 1. The monoisotopic (exact) mass is 663 g/mol. The Labute approximate surface area is 272 Å². The number of anilines is 1. The minimum Gasteiger partial charge on any atom is -0.486 e. The second-order valence-corrected chi connectivity index (χ2v) is 13.2. The minimum atomic E-state index is -4.45. The molecule has 0 radical (unpaired) electrons. The van der Waals surface area contributed by atoms with E-state index in [4.69, 9.17) is 9.47 Å². The van der Waals surface area contributed by atoms with Gasteiger partial charge in [0.25, 0.3) is 10.0 Å². The van der Waals surface area contributed by atoms with Crippen LogP contribution in [0.25, 0.3) is 0 Å². The molecule has 12 heteroatoms. The van der Waals surface area contributed by atoms with E-state index in [1.165, 1.54) is 59.5 Å². The van der Waals surface area contributed by atoms with Crippen molar-refractivity contribution >= 4 is 27.5 Å². The molecule has 47 heavy (non-hydrogen) atoms. The number of hydrogen-bond acceptors (Lipinski definition) is 6.